The van der Waals surface area contributed by atoms with Gasteiger partial charge in [-0.15, -0.1) is 11.3 Å². The van der Waals surface area contributed by atoms with E-state index in [0.717, 1.165) is 40.2 Å². The number of rotatable bonds is 5. The van der Waals surface area contributed by atoms with Gasteiger partial charge < -0.3 is 10.1 Å². The number of carbonyl (C=O) groups excluding carboxylic acids is 2. The number of amides is 1. The normalized spacial score (nSPS) is 10.7. The Bertz CT molecular complexity index is 1070. The summed E-state index contributed by atoms with van der Waals surface area (Å²) in [5, 5.41) is 4.37. The molecule has 0 bridgehead atoms. The lowest BCUT2D eigenvalue weighted by Crippen LogP contribution is -2.17. The molecule has 3 aromatic rings. The fraction of sp³-hybridized carbons (Fsp3) is 0.182. The van der Waals surface area contributed by atoms with Crippen molar-refractivity contribution in [3.8, 4) is 11.1 Å². The molecule has 0 spiro atoms. The van der Waals surface area contributed by atoms with Crippen LogP contribution < -0.4 is 5.32 Å². The fourth-order valence-corrected chi connectivity index (χ4v) is 3.90. The molecule has 1 aromatic heterocycles. The lowest BCUT2D eigenvalue weighted by molar-refractivity contribution is 0.0529. The molecule has 0 aliphatic rings. The summed E-state index contributed by atoms with van der Waals surface area (Å²) in [5.74, 6) is -3.55. The van der Waals surface area contributed by atoms with Crippen molar-refractivity contribution in [1.29, 1.82) is 0 Å². The van der Waals surface area contributed by atoms with Gasteiger partial charge in [-0.25, -0.2) is 13.6 Å². The third-order valence-electron chi connectivity index (χ3n) is 4.37. The zero-order valence-corrected chi connectivity index (χ0v) is 17.0. The van der Waals surface area contributed by atoms with Gasteiger partial charge in [0.2, 0.25) is 0 Å². The van der Waals surface area contributed by atoms with E-state index in [1.165, 1.54) is 6.07 Å². The van der Waals surface area contributed by atoms with Crippen molar-refractivity contribution in [2.24, 2.45) is 0 Å². The van der Waals surface area contributed by atoms with Crippen LogP contribution in [0, 0.1) is 25.5 Å². The Morgan fingerprint density at radius 2 is 1.72 bits per heavy atom. The summed E-state index contributed by atoms with van der Waals surface area (Å²) in [7, 11) is 0. The maximum absolute atomic E-state index is 14.0. The number of hydrogen-bond acceptors (Lipinski definition) is 4. The first kappa shape index (κ1) is 20.7. The van der Waals surface area contributed by atoms with Crippen molar-refractivity contribution in [3.05, 3.63) is 75.7 Å². The fourth-order valence-electron chi connectivity index (χ4n) is 2.96. The third-order valence-corrected chi connectivity index (χ3v) is 5.27. The lowest BCUT2D eigenvalue weighted by Gasteiger charge is -2.11. The second kappa shape index (κ2) is 8.53. The molecule has 2 aromatic carbocycles. The van der Waals surface area contributed by atoms with Crippen LogP contribution in [0.1, 0.15) is 38.8 Å². The monoisotopic (exact) mass is 415 g/mol. The molecule has 0 radical (unpaired) electrons. The van der Waals surface area contributed by atoms with Crippen LogP contribution in [0.4, 0.5) is 13.8 Å². The topological polar surface area (TPSA) is 55.4 Å². The van der Waals surface area contributed by atoms with Crippen LogP contribution in [0.25, 0.3) is 11.1 Å². The van der Waals surface area contributed by atoms with Crippen LogP contribution in [-0.4, -0.2) is 18.5 Å². The van der Waals surface area contributed by atoms with Gasteiger partial charge in [-0.05, 0) is 44.0 Å². The highest BCUT2D eigenvalue weighted by molar-refractivity contribution is 7.15. The van der Waals surface area contributed by atoms with Gasteiger partial charge in [-0.2, -0.15) is 0 Å². The molecule has 7 heteroatoms. The second-order valence-electron chi connectivity index (χ2n) is 6.44. The van der Waals surface area contributed by atoms with Crippen LogP contribution in [-0.2, 0) is 4.74 Å². The molecule has 1 heterocycles. The van der Waals surface area contributed by atoms with Gasteiger partial charge in [-0.3, -0.25) is 4.79 Å². The summed E-state index contributed by atoms with van der Waals surface area (Å²) >= 11 is 1.10. The summed E-state index contributed by atoms with van der Waals surface area (Å²) in [6, 6.07) is 9.00. The quantitative estimate of drug-likeness (QED) is 0.541. The molecule has 1 amide bonds. The molecule has 0 saturated heterocycles. The largest absolute Gasteiger partial charge is 0.462 e. The predicted molar refractivity (Wildman–Crippen MR) is 109 cm³/mol. The zero-order valence-electron chi connectivity index (χ0n) is 16.1. The number of ether oxygens (including phenoxy) is 1. The van der Waals surface area contributed by atoms with E-state index in [4.69, 9.17) is 4.74 Å². The van der Waals surface area contributed by atoms with E-state index in [-0.39, 0.29) is 17.2 Å². The summed E-state index contributed by atoms with van der Waals surface area (Å²) in [4.78, 5) is 25.2. The Morgan fingerprint density at radius 1 is 1.03 bits per heavy atom. The highest BCUT2D eigenvalue weighted by Crippen LogP contribution is 2.38. The van der Waals surface area contributed by atoms with Crippen molar-refractivity contribution < 1.29 is 23.1 Å². The summed E-state index contributed by atoms with van der Waals surface area (Å²) in [5.41, 5.74) is 2.82. The Kier molecular flexibility index (Phi) is 6.08. The van der Waals surface area contributed by atoms with Crippen LogP contribution in [0.2, 0.25) is 0 Å². The van der Waals surface area contributed by atoms with Gasteiger partial charge in [0, 0.05) is 10.9 Å². The number of aryl methyl sites for hydroxylation is 2. The molecule has 0 saturated carbocycles. The number of hydrogen-bond donors (Lipinski definition) is 1. The Morgan fingerprint density at radius 3 is 2.38 bits per heavy atom. The molecule has 0 atom stereocenters. The van der Waals surface area contributed by atoms with Crippen LogP contribution in [0.3, 0.4) is 0 Å². The SMILES string of the molecule is CCOC(=O)c1c(-c2cc(C)ccc2C)csc1NC(=O)c1c(F)cccc1F. The van der Waals surface area contributed by atoms with Gasteiger partial charge in [0.05, 0.1) is 6.61 Å². The maximum atomic E-state index is 14.0. The molecule has 0 unspecified atom stereocenters. The summed E-state index contributed by atoms with van der Waals surface area (Å²) in [6.45, 7) is 5.67. The average molecular weight is 415 g/mol. The van der Waals surface area contributed by atoms with Gasteiger partial charge in [0.15, 0.2) is 0 Å². The molecule has 0 fully saturated rings. The summed E-state index contributed by atoms with van der Waals surface area (Å²) < 4.78 is 33.1. The number of thiophene rings is 1. The van der Waals surface area contributed by atoms with Crippen LogP contribution in [0.5, 0.6) is 0 Å². The lowest BCUT2D eigenvalue weighted by atomic mass is 9.97. The first-order chi connectivity index (χ1) is 13.8. The Balaban J connectivity index is 2.08. The second-order valence-corrected chi connectivity index (χ2v) is 7.32. The van der Waals surface area contributed by atoms with Crippen molar-refractivity contribution in [3.63, 3.8) is 0 Å². The van der Waals surface area contributed by atoms with Gasteiger partial charge >= 0.3 is 5.97 Å². The van der Waals surface area contributed by atoms with Crippen molar-refractivity contribution in [1.82, 2.24) is 0 Å². The molecular formula is C22H19F2NO3S. The van der Waals surface area contributed by atoms with Crippen molar-refractivity contribution >= 4 is 28.2 Å². The van der Waals surface area contributed by atoms with E-state index in [1.54, 1.807) is 12.3 Å². The summed E-state index contributed by atoms with van der Waals surface area (Å²) in [6.07, 6.45) is 0. The van der Waals surface area contributed by atoms with Crippen molar-refractivity contribution in [2.45, 2.75) is 20.8 Å². The number of benzene rings is 2. The third kappa shape index (κ3) is 4.19. The maximum Gasteiger partial charge on any atom is 0.341 e. The predicted octanol–water partition coefficient (Wildman–Crippen LogP) is 5.74. The number of anilines is 1. The zero-order chi connectivity index (χ0) is 21.1. The van der Waals surface area contributed by atoms with Crippen LogP contribution >= 0.6 is 11.3 Å². The smallest absolute Gasteiger partial charge is 0.341 e. The highest BCUT2D eigenvalue weighted by Gasteiger charge is 2.25. The molecule has 29 heavy (non-hydrogen) atoms. The van der Waals surface area contributed by atoms with E-state index in [2.05, 4.69) is 5.32 Å². The van der Waals surface area contributed by atoms with Gasteiger partial charge in [0.1, 0.15) is 27.8 Å². The first-order valence-corrected chi connectivity index (χ1v) is 9.83. The molecule has 4 nitrogen and oxygen atoms in total. The Labute approximate surface area is 171 Å². The average Bonchev–Trinajstić information content (AvgIpc) is 3.07. The molecule has 150 valence electrons. The highest BCUT2D eigenvalue weighted by atomic mass is 32.1. The van der Waals surface area contributed by atoms with Crippen LogP contribution in [0.15, 0.2) is 41.8 Å². The van der Waals surface area contributed by atoms with E-state index < -0.39 is 29.1 Å². The van der Waals surface area contributed by atoms with E-state index in [9.17, 15) is 18.4 Å². The minimum Gasteiger partial charge on any atom is -0.462 e. The number of halogens is 2. The molecule has 0 aliphatic carbocycles. The minimum atomic E-state index is -0.980. The van der Waals surface area contributed by atoms with Gasteiger partial charge in [0.25, 0.3) is 5.91 Å². The van der Waals surface area contributed by atoms with E-state index in [0.29, 0.717) is 5.56 Å². The van der Waals surface area contributed by atoms with Gasteiger partial charge in [-0.1, -0.05) is 29.8 Å². The number of nitrogens with one attached hydrogen (secondary N) is 1. The van der Waals surface area contributed by atoms with E-state index in [1.807, 2.05) is 32.0 Å². The molecular weight excluding hydrogens is 396 g/mol. The van der Waals surface area contributed by atoms with Crippen molar-refractivity contribution in [2.75, 3.05) is 11.9 Å². The molecule has 0 aliphatic heterocycles. The standard InChI is InChI=1S/C22H19F2NO3S/c1-4-28-22(27)18-15(14-10-12(2)8-9-13(14)3)11-29-21(18)25-20(26)19-16(23)6-5-7-17(19)24/h5-11H,4H2,1-3H3,(H,25,26). The minimum absolute atomic E-state index is 0.149. The number of esters is 1. The molecule has 1 N–H and O–H groups in total. The Hall–Kier alpha value is -3.06. The first-order valence-electron chi connectivity index (χ1n) is 8.95. The molecule has 3 rings (SSSR count). The van der Waals surface area contributed by atoms with E-state index >= 15 is 0 Å². The number of carbonyl (C=O) groups is 2.